The maximum Gasteiger partial charge on any atom is 0.335 e. The molecule has 1 aromatic heterocycles. The third-order valence-corrected chi connectivity index (χ3v) is 3.08. The molecule has 0 atom stereocenters. The van der Waals surface area contributed by atoms with Gasteiger partial charge in [0.2, 0.25) is 5.91 Å². The van der Waals surface area contributed by atoms with E-state index >= 15 is 0 Å². The van der Waals surface area contributed by atoms with Crippen LogP contribution in [-0.4, -0.2) is 46.8 Å². The lowest BCUT2D eigenvalue weighted by Crippen LogP contribution is -2.27. The first kappa shape index (κ1) is 15.0. The number of ether oxygens (including phenoxy) is 1. The van der Waals surface area contributed by atoms with Crippen LogP contribution in [0.25, 0.3) is 11.0 Å². The molecule has 2 aromatic rings. The van der Waals surface area contributed by atoms with Crippen molar-refractivity contribution in [2.45, 2.75) is 13.0 Å². The van der Waals surface area contributed by atoms with Gasteiger partial charge in [-0.05, 0) is 18.2 Å². The Labute approximate surface area is 121 Å². The minimum Gasteiger partial charge on any atom is -0.478 e. The van der Waals surface area contributed by atoms with Gasteiger partial charge in [-0.25, -0.2) is 9.78 Å². The van der Waals surface area contributed by atoms with Crippen molar-refractivity contribution >= 4 is 22.9 Å². The number of amides is 1. The lowest BCUT2D eigenvalue weighted by Gasteiger charge is -2.06. The molecule has 2 N–H and O–H groups in total. The molecule has 0 saturated carbocycles. The SMILES string of the molecule is COCCNC(=O)CCn1cnc2cc(C(=O)O)ccc21. The fraction of sp³-hybridized carbons (Fsp3) is 0.357. The van der Waals surface area contributed by atoms with Gasteiger partial charge in [0.15, 0.2) is 0 Å². The minimum absolute atomic E-state index is 0.0592. The van der Waals surface area contributed by atoms with Crippen LogP contribution in [0, 0.1) is 0 Å². The summed E-state index contributed by atoms with van der Waals surface area (Å²) in [5.74, 6) is -1.04. The molecule has 7 nitrogen and oxygen atoms in total. The van der Waals surface area contributed by atoms with Crippen LogP contribution < -0.4 is 5.32 Å². The lowest BCUT2D eigenvalue weighted by atomic mass is 10.2. The number of fused-ring (bicyclic) bond motifs is 1. The topological polar surface area (TPSA) is 93.5 Å². The molecule has 0 fully saturated rings. The fourth-order valence-electron chi connectivity index (χ4n) is 1.98. The number of aromatic carboxylic acids is 1. The molecule has 0 spiro atoms. The van der Waals surface area contributed by atoms with Crippen LogP contribution in [0.15, 0.2) is 24.5 Å². The van der Waals surface area contributed by atoms with E-state index in [1.807, 2.05) is 4.57 Å². The van der Waals surface area contributed by atoms with Gasteiger partial charge in [0.05, 0.1) is 29.5 Å². The van der Waals surface area contributed by atoms with Crippen LogP contribution in [0.3, 0.4) is 0 Å². The third kappa shape index (κ3) is 3.79. The number of methoxy groups -OCH3 is 1. The fourth-order valence-corrected chi connectivity index (χ4v) is 1.98. The predicted octanol–water partition coefficient (Wildman–Crippen LogP) is 0.887. The van der Waals surface area contributed by atoms with Crippen molar-refractivity contribution in [3.05, 3.63) is 30.1 Å². The molecule has 0 aliphatic rings. The number of carbonyl (C=O) groups is 2. The van der Waals surface area contributed by atoms with Crippen molar-refractivity contribution in [1.29, 1.82) is 0 Å². The second kappa shape index (κ2) is 6.85. The van der Waals surface area contributed by atoms with E-state index in [0.29, 0.717) is 31.6 Å². The summed E-state index contributed by atoms with van der Waals surface area (Å²) in [6.45, 7) is 1.46. The van der Waals surface area contributed by atoms with Crippen LogP contribution in [0.2, 0.25) is 0 Å². The molecule has 112 valence electrons. The summed E-state index contributed by atoms with van der Waals surface area (Å²) in [5.41, 5.74) is 1.62. The van der Waals surface area contributed by atoms with Gasteiger partial charge in [-0.3, -0.25) is 4.79 Å². The molecule has 0 unspecified atom stereocenters. The molecule has 21 heavy (non-hydrogen) atoms. The van der Waals surface area contributed by atoms with Gasteiger partial charge in [0.25, 0.3) is 0 Å². The van der Waals surface area contributed by atoms with Crippen LogP contribution in [-0.2, 0) is 16.1 Å². The molecular weight excluding hydrogens is 274 g/mol. The molecule has 1 amide bonds. The monoisotopic (exact) mass is 291 g/mol. The van der Waals surface area contributed by atoms with Crippen LogP contribution in [0.5, 0.6) is 0 Å². The van der Waals surface area contributed by atoms with Crippen molar-refractivity contribution in [2.75, 3.05) is 20.3 Å². The standard InChI is InChI=1S/C14H17N3O4/c1-21-7-5-15-13(18)4-6-17-9-16-11-8-10(14(19)20)2-3-12(11)17/h2-3,8-9H,4-7H2,1H3,(H,15,18)(H,19,20). The number of carboxylic acid groups (broad SMARTS) is 1. The van der Waals surface area contributed by atoms with E-state index in [0.717, 1.165) is 5.52 Å². The number of nitrogens with one attached hydrogen (secondary N) is 1. The van der Waals surface area contributed by atoms with Gasteiger partial charge >= 0.3 is 5.97 Å². The summed E-state index contributed by atoms with van der Waals surface area (Å²) in [4.78, 5) is 26.7. The van der Waals surface area contributed by atoms with E-state index in [1.54, 1.807) is 19.5 Å². The van der Waals surface area contributed by atoms with Crippen LogP contribution >= 0.6 is 0 Å². The second-order valence-electron chi connectivity index (χ2n) is 4.54. The van der Waals surface area contributed by atoms with E-state index in [4.69, 9.17) is 9.84 Å². The molecule has 1 heterocycles. The summed E-state index contributed by atoms with van der Waals surface area (Å²) in [6, 6.07) is 4.75. The average molecular weight is 291 g/mol. The molecule has 2 rings (SSSR count). The minimum atomic E-state index is -0.982. The van der Waals surface area contributed by atoms with Gasteiger partial charge in [0, 0.05) is 26.6 Å². The number of rotatable bonds is 7. The number of carbonyl (C=O) groups excluding carboxylic acids is 1. The summed E-state index contributed by atoms with van der Waals surface area (Å²) in [7, 11) is 1.58. The van der Waals surface area contributed by atoms with Crippen molar-refractivity contribution in [3.8, 4) is 0 Å². The number of aromatic nitrogens is 2. The first-order valence-corrected chi connectivity index (χ1v) is 6.55. The molecule has 7 heteroatoms. The molecular formula is C14H17N3O4. The van der Waals surface area contributed by atoms with Crippen LogP contribution in [0.1, 0.15) is 16.8 Å². The number of benzene rings is 1. The van der Waals surface area contributed by atoms with Crippen molar-refractivity contribution in [3.63, 3.8) is 0 Å². The first-order chi connectivity index (χ1) is 10.1. The van der Waals surface area contributed by atoms with E-state index in [-0.39, 0.29) is 11.5 Å². The van der Waals surface area contributed by atoms with Gasteiger partial charge in [0.1, 0.15) is 0 Å². The highest BCUT2D eigenvalue weighted by molar-refractivity contribution is 5.92. The number of carboxylic acids is 1. The number of aryl methyl sites for hydroxylation is 1. The number of hydrogen-bond acceptors (Lipinski definition) is 4. The molecule has 0 bridgehead atoms. The Kier molecular flexibility index (Phi) is 4.89. The van der Waals surface area contributed by atoms with Crippen molar-refractivity contribution in [1.82, 2.24) is 14.9 Å². The average Bonchev–Trinajstić information content (AvgIpc) is 2.87. The quantitative estimate of drug-likeness (QED) is 0.739. The highest BCUT2D eigenvalue weighted by atomic mass is 16.5. The Hall–Kier alpha value is -2.41. The van der Waals surface area contributed by atoms with E-state index in [9.17, 15) is 9.59 Å². The van der Waals surface area contributed by atoms with Gasteiger partial charge in [-0.2, -0.15) is 0 Å². The first-order valence-electron chi connectivity index (χ1n) is 6.55. The van der Waals surface area contributed by atoms with E-state index < -0.39 is 5.97 Å². The molecule has 0 radical (unpaired) electrons. The highest BCUT2D eigenvalue weighted by Gasteiger charge is 2.08. The maximum atomic E-state index is 11.6. The molecule has 0 aliphatic carbocycles. The largest absolute Gasteiger partial charge is 0.478 e. The third-order valence-electron chi connectivity index (χ3n) is 3.08. The van der Waals surface area contributed by atoms with Gasteiger partial charge in [-0.15, -0.1) is 0 Å². The summed E-state index contributed by atoms with van der Waals surface area (Å²) < 4.78 is 6.68. The molecule has 0 aliphatic heterocycles. The molecule has 1 aromatic carbocycles. The van der Waals surface area contributed by atoms with Gasteiger partial charge in [-0.1, -0.05) is 0 Å². The van der Waals surface area contributed by atoms with E-state index in [1.165, 1.54) is 12.1 Å². The summed E-state index contributed by atoms with van der Waals surface area (Å²) in [6.07, 6.45) is 1.94. The zero-order valence-electron chi connectivity index (χ0n) is 11.7. The lowest BCUT2D eigenvalue weighted by molar-refractivity contribution is -0.121. The Bertz CT molecular complexity index is 651. The zero-order chi connectivity index (χ0) is 15.2. The number of nitrogens with zero attached hydrogens (tertiary/aromatic N) is 2. The Morgan fingerprint density at radius 3 is 2.95 bits per heavy atom. The van der Waals surface area contributed by atoms with Gasteiger partial charge < -0.3 is 19.7 Å². The van der Waals surface area contributed by atoms with Crippen molar-refractivity contribution < 1.29 is 19.4 Å². The Morgan fingerprint density at radius 2 is 2.24 bits per heavy atom. The Balaban J connectivity index is 1.99. The smallest absolute Gasteiger partial charge is 0.335 e. The maximum absolute atomic E-state index is 11.6. The number of imidazole rings is 1. The number of hydrogen-bond donors (Lipinski definition) is 2. The van der Waals surface area contributed by atoms with E-state index in [2.05, 4.69) is 10.3 Å². The summed E-state index contributed by atoms with van der Waals surface area (Å²) in [5, 5.41) is 11.7. The zero-order valence-corrected chi connectivity index (χ0v) is 11.7. The Morgan fingerprint density at radius 1 is 1.43 bits per heavy atom. The predicted molar refractivity (Wildman–Crippen MR) is 76.2 cm³/mol. The highest BCUT2D eigenvalue weighted by Crippen LogP contribution is 2.15. The van der Waals surface area contributed by atoms with Crippen molar-refractivity contribution in [2.24, 2.45) is 0 Å². The van der Waals surface area contributed by atoms with Crippen LogP contribution in [0.4, 0.5) is 0 Å². The normalized spacial score (nSPS) is 10.7. The second-order valence-corrected chi connectivity index (χ2v) is 4.54. The summed E-state index contributed by atoms with van der Waals surface area (Å²) >= 11 is 0. The molecule has 0 saturated heterocycles.